The average molecular weight is 515 g/mol. The summed E-state index contributed by atoms with van der Waals surface area (Å²) < 4.78 is 6.01. The lowest BCUT2D eigenvalue weighted by molar-refractivity contribution is -0.00884. The normalized spacial score (nSPS) is 20.8. The van der Waals surface area contributed by atoms with Crippen molar-refractivity contribution in [3.63, 3.8) is 0 Å². The molecule has 38 heavy (non-hydrogen) atoms. The van der Waals surface area contributed by atoms with Crippen LogP contribution in [-0.4, -0.2) is 77.2 Å². The van der Waals surface area contributed by atoms with E-state index in [0.717, 1.165) is 69.7 Å². The molecule has 1 amide bonds. The van der Waals surface area contributed by atoms with Gasteiger partial charge in [-0.15, -0.1) is 0 Å². The van der Waals surface area contributed by atoms with Gasteiger partial charge in [-0.05, 0) is 69.1 Å². The van der Waals surface area contributed by atoms with Crippen molar-refractivity contribution in [2.24, 2.45) is 5.73 Å². The molecule has 1 atom stereocenters. The number of ether oxygens (including phenoxy) is 1. The number of nitrogens with one attached hydrogen (secondary N) is 2. The van der Waals surface area contributed by atoms with Gasteiger partial charge in [0, 0.05) is 68.2 Å². The van der Waals surface area contributed by atoms with Crippen molar-refractivity contribution in [3.8, 4) is 11.3 Å². The van der Waals surface area contributed by atoms with E-state index in [-0.39, 0.29) is 17.3 Å². The lowest BCUT2D eigenvalue weighted by Crippen LogP contribution is -2.44. The summed E-state index contributed by atoms with van der Waals surface area (Å²) in [5, 5.41) is 6.91. The average Bonchev–Trinajstić information content (AvgIpc) is 3.68. The predicted molar refractivity (Wildman–Crippen MR) is 148 cm³/mol. The van der Waals surface area contributed by atoms with Crippen LogP contribution < -0.4 is 21.3 Å². The molecular weight excluding hydrogens is 480 g/mol. The van der Waals surface area contributed by atoms with Crippen LogP contribution in [0, 0.1) is 0 Å². The third-order valence-corrected chi connectivity index (χ3v) is 7.72. The maximum absolute atomic E-state index is 12.5. The standard InChI is InChI=1S/C28H34N8O2/c1-35-13-15-36(16-14-35)22-4-2-20(3-5-22)31-27-24(25(29)37)33-23(19-6-11-30-12-7-19)26(34-27)32-21-8-17-38-28(18-21)9-10-28/h2-7,11-12,21H,8-10,13-18H2,1H3,(H2,29,37)(H2,31,32,34). The zero-order chi connectivity index (χ0) is 26.1. The fourth-order valence-corrected chi connectivity index (χ4v) is 5.30. The van der Waals surface area contributed by atoms with Crippen LogP contribution in [0.4, 0.5) is 23.0 Å². The first-order chi connectivity index (χ1) is 18.5. The molecule has 4 heterocycles. The van der Waals surface area contributed by atoms with Crippen LogP contribution in [0.25, 0.3) is 11.3 Å². The highest BCUT2D eigenvalue weighted by atomic mass is 16.5. The number of piperazine rings is 1. The summed E-state index contributed by atoms with van der Waals surface area (Å²) in [4.78, 5) is 30.9. The van der Waals surface area contributed by atoms with Crippen molar-refractivity contribution in [2.45, 2.75) is 37.3 Å². The van der Waals surface area contributed by atoms with Crippen molar-refractivity contribution in [2.75, 3.05) is 55.4 Å². The Kier molecular flexibility index (Phi) is 6.59. The second-order valence-electron chi connectivity index (χ2n) is 10.5. The van der Waals surface area contributed by atoms with E-state index in [1.165, 1.54) is 5.69 Å². The van der Waals surface area contributed by atoms with Crippen molar-refractivity contribution in [3.05, 3.63) is 54.5 Å². The molecule has 2 aromatic heterocycles. The van der Waals surface area contributed by atoms with Crippen LogP contribution >= 0.6 is 0 Å². The Hall–Kier alpha value is -3.76. The number of rotatable bonds is 7. The molecule has 198 valence electrons. The summed E-state index contributed by atoms with van der Waals surface area (Å²) in [6.45, 7) is 4.82. The Bertz CT molecular complexity index is 1290. The minimum absolute atomic E-state index is 0.0138. The summed E-state index contributed by atoms with van der Waals surface area (Å²) >= 11 is 0. The van der Waals surface area contributed by atoms with Crippen molar-refractivity contribution >= 4 is 28.9 Å². The van der Waals surface area contributed by atoms with Crippen LogP contribution in [0.15, 0.2) is 48.8 Å². The third kappa shape index (κ3) is 5.27. The molecule has 1 unspecified atom stereocenters. The van der Waals surface area contributed by atoms with Crippen LogP contribution in [0.2, 0.25) is 0 Å². The van der Waals surface area contributed by atoms with Gasteiger partial charge in [0.15, 0.2) is 17.3 Å². The molecule has 3 fully saturated rings. The lowest BCUT2D eigenvalue weighted by atomic mass is 10.0. The second kappa shape index (κ2) is 10.2. The van der Waals surface area contributed by atoms with Crippen LogP contribution in [0.3, 0.4) is 0 Å². The number of anilines is 4. The summed E-state index contributed by atoms with van der Waals surface area (Å²) in [7, 11) is 2.15. The highest BCUT2D eigenvalue weighted by Gasteiger charge is 2.47. The molecule has 1 spiro atoms. The van der Waals surface area contributed by atoms with Gasteiger partial charge in [-0.2, -0.15) is 0 Å². The summed E-state index contributed by atoms with van der Waals surface area (Å²) in [5.74, 6) is 0.303. The van der Waals surface area contributed by atoms with Gasteiger partial charge in [-0.25, -0.2) is 9.97 Å². The molecule has 0 bridgehead atoms. The number of nitrogens with two attached hydrogens (primary N) is 1. The largest absolute Gasteiger partial charge is 0.375 e. The fourth-order valence-electron chi connectivity index (χ4n) is 5.30. The SMILES string of the molecule is CN1CCN(c2ccc(Nc3nc(NC4CCOC5(CC5)C4)c(-c4ccncc4)nc3C(N)=O)cc2)CC1. The van der Waals surface area contributed by atoms with E-state index in [0.29, 0.717) is 17.3 Å². The predicted octanol–water partition coefficient (Wildman–Crippen LogP) is 3.26. The Labute approximate surface area is 222 Å². The lowest BCUT2D eigenvalue weighted by Gasteiger charge is -2.34. The minimum Gasteiger partial charge on any atom is -0.375 e. The maximum atomic E-state index is 12.5. The van der Waals surface area contributed by atoms with Gasteiger partial charge in [0.2, 0.25) is 0 Å². The first-order valence-electron chi connectivity index (χ1n) is 13.3. The number of benzene rings is 1. The van der Waals surface area contributed by atoms with Crippen molar-refractivity contribution in [1.82, 2.24) is 19.9 Å². The number of pyridine rings is 1. The van der Waals surface area contributed by atoms with Crippen molar-refractivity contribution in [1.29, 1.82) is 0 Å². The Morgan fingerprint density at radius 3 is 2.45 bits per heavy atom. The van der Waals surface area contributed by atoms with E-state index in [1.54, 1.807) is 12.4 Å². The highest BCUT2D eigenvalue weighted by Crippen LogP contribution is 2.47. The van der Waals surface area contributed by atoms with Crippen LogP contribution in [-0.2, 0) is 4.74 Å². The summed E-state index contributed by atoms with van der Waals surface area (Å²) in [5.41, 5.74) is 9.27. The molecule has 1 saturated carbocycles. The monoisotopic (exact) mass is 514 g/mol. The maximum Gasteiger partial charge on any atom is 0.271 e. The van der Waals surface area contributed by atoms with E-state index in [1.807, 2.05) is 24.3 Å². The first-order valence-corrected chi connectivity index (χ1v) is 13.3. The number of aromatic nitrogens is 3. The highest BCUT2D eigenvalue weighted by molar-refractivity contribution is 5.97. The summed E-state index contributed by atoms with van der Waals surface area (Å²) in [6, 6.07) is 12.1. The molecule has 2 saturated heterocycles. The number of primary amides is 1. The van der Waals surface area contributed by atoms with Gasteiger partial charge in [0.05, 0.1) is 5.60 Å². The van der Waals surface area contributed by atoms with E-state index in [2.05, 4.69) is 44.6 Å². The Balaban J connectivity index is 1.30. The molecule has 10 nitrogen and oxygen atoms in total. The minimum atomic E-state index is -0.640. The smallest absolute Gasteiger partial charge is 0.271 e. The molecule has 3 aromatic rings. The van der Waals surface area contributed by atoms with Gasteiger partial charge >= 0.3 is 0 Å². The quantitative estimate of drug-likeness (QED) is 0.436. The Morgan fingerprint density at radius 1 is 1.03 bits per heavy atom. The Morgan fingerprint density at radius 2 is 1.76 bits per heavy atom. The van der Waals surface area contributed by atoms with Crippen LogP contribution in [0.5, 0.6) is 0 Å². The van der Waals surface area contributed by atoms with Gasteiger partial charge in [-0.1, -0.05) is 0 Å². The van der Waals surface area contributed by atoms with Gasteiger partial charge in [0.1, 0.15) is 5.69 Å². The number of hydrogen-bond acceptors (Lipinski definition) is 9. The van der Waals surface area contributed by atoms with Crippen molar-refractivity contribution < 1.29 is 9.53 Å². The van der Waals surface area contributed by atoms with E-state index >= 15 is 0 Å². The molecule has 1 aliphatic carbocycles. The molecule has 6 rings (SSSR count). The third-order valence-electron chi connectivity index (χ3n) is 7.72. The molecule has 2 aliphatic heterocycles. The molecular formula is C28H34N8O2. The molecule has 0 radical (unpaired) electrons. The molecule has 4 N–H and O–H groups in total. The zero-order valence-electron chi connectivity index (χ0n) is 21.7. The number of nitrogens with zero attached hydrogens (tertiary/aromatic N) is 5. The fraction of sp³-hybridized carbons (Fsp3) is 0.429. The van der Waals surface area contributed by atoms with E-state index < -0.39 is 5.91 Å². The number of likely N-dealkylation sites (N-methyl/N-ethyl adjacent to an activating group) is 1. The number of amides is 1. The summed E-state index contributed by atoms with van der Waals surface area (Å²) in [6.07, 6.45) is 7.42. The van der Waals surface area contributed by atoms with E-state index in [9.17, 15) is 4.79 Å². The number of carbonyl (C=O) groups excluding carboxylic acids is 1. The van der Waals surface area contributed by atoms with Gasteiger partial charge < -0.3 is 30.9 Å². The van der Waals surface area contributed by atoms with Crippen LogP contribution in [0.1, 0.15) is 36.2 Å². The molecule has 3 aliphatic rings. The first kappa shape index (κ1) is 24.6. The van der Waals surface area contributed by atoms with Gasteiger partial charge in [0.25, 0.3) is 5.91 Å². The zero-order valence-corrected chi connectivity index (χ0v) is 21.7. The van der Waals surface area contributed by atoms with E-state index in [4.69, 9.17) is 20.4 Å². The second-order valence-corrected chi connectivity index (χ2v) is 10.5. The number of carbonyl (C=O) groups is 1. The number of hydrogen-bond donors (Lipinski definition) is 3. The molecule has 10 heteroatoms. The van der Waals surface area contributed by atoms with Gasteiger partial charge in [-0.3, -0.25) is 9.78 Å². The topological polar surface area (TPSA) is 122 Å². The molecule has 1 aromatic carbocycles.